The fourth-order valence-corrected chi connectivity index (χ4v) is 6.41. The molecule has 0 spiro atoms. The number of anilines is 2. The Morgan fingerprint density at radius 2 is 2.00 bits per heavy atom. The van der Waals surface area contributed by atoms with Gasteiger partial charge in [0, 0.05) is 42.3 Å². The third kappa shape index (κ3) is 4.73. The highest BCUT2D eigenvalue weighted by Crippen LogP contribution is 2.51. The van der Waals surface area contributed by atoms with Gasteiger partial charge < -0.3 is 20.1 Å². The highest BCUT2D eigenvalue weighted by Gasteiger charge is 2.49. The molecule has 0 amide bonds. The molecule has 2 unspecified atom stereocenters. The van der Waals surface area contributed by atoms with Gasteiger partial charge in [0.15, 0.2) is 0 Å². The number of rotatable bonds is 5. The Balaban J connectivity index is 1.51. The summed E-state index contributed by atoms with van der Waals surface area (Å²) in [6.07, 6.45) is 0.896. The van der Waals surface area contributed by atoms with Gasteiger partial charge in [-0.1, -0.05) is 13.8 Å². The summed E-state index contributed by atoms with van der Waals surface area (Å²) in [7, 11) is 1.86. The number of aliphatic carboxylic acids is 1. The minimum absolute atomic E-state index is 0.184. The SMILES string of the molecule is Cn1ccc2c(-c3cnc(C4(O)CCC(C(=O)O)C(C)(C)C4)s3)cc(Nc3nccc(C(F)(F)F)n3)cc21. The maximum atomic E-state index is 13.1. The Kier molecular flexibility index (Phi) is 6.22. The first-order valence-electron chi connectivity index (χ1n) is 12.0. The maximum absolute atomic E-state index is 13.1. The fourth-order valence-electron chi connectivity index (χ4n) is 5.35. The Hall–Kier alpha value is -3.51. The molecule has 3 N–H and O–H groups in total. The molecule has 8 nitrogen and oxygen atoms in total. The number of aliphatic hydroxyl groups is 1. The molecule has 1 aliphatic rings. The van der Waals surface area contributed by atoms with Gasteiger partial charge in [-0.15, -0.1) is 11.3 Å². The standard InChI is InChI=1S/C26H26F3N5O3S/c1-24(2)13-25(37,7-4-17(24)21(35)36)22-31-12-19(38-22)16-10-14(11-18-15(16)6-9-34(18)3)32-23-30-8-5-20(33-23)26(27,28)29/h5-6,8-12,17,37H,4,7,13H2,1-3H3,(H,35,36)(H,30,32,33). The van der Waals surface area contributed by atoms with E-state index in [1.807, 2.05) is 37.7 Å². The van der Waals surface area contributed by atoms with Crippen molar-refractivity contribution in [2.45, 2.75) is 44.9 Å². The lowest BCUT2D eigenvalue weighted by atomic mass is 9.63. The third-order valence-electron chi connectivity index (χ3n) is 7.21. The van der Waals surface area contributed by atoms with Gasteiger partial charge in [0.1, 0.15) is 16.3 Å². The first-order chi connectivity index (χ1) is 17.8. The van der Waals surface area contributed by atoms with Crippen molar-refractivity contribution in [1.82, 2.24) is 19.5 Å². The molecule has 4 aromatic rings. The lowest BCUT2D eigenvalue weighted by Gasteiger charge is -2.44. The summed E-state index contributed by atoms with van der Waals surface area (Å²) < 4.78 is 41.3. The first kappa shape index (κ1) is 26.1. The lowest BCUT2D eigenvalue weighted by Crippen LogP contribution is -2.44. The molecular weight excluding hydrogens is 519 g/mol. The number of carboxylic acids is 1. The van der Waals surface area contributed by atoms with Gasteiger partial charge in [-0.2, -0.15) is 13.2 Å². The van der Waals surface area contributed by atoms with Crippen LogP contribution in [0.1, 0.15) is 43.8 Å². The average molecular weight is 546 g/mol. The van der Waals surface area contributed by atoms with Crippen molar-refractivity contribution < 1.29 is 28.2 Å². The number of fused-ring (bicyclic) bond motifs is 1. The second-order valence-electron chi connectivity index (χ2n) is 10.4. The van der Waals surface area contributed by atoms with E-state index in [0.717, 1.165) is 33.6 Å². The van der Waals surface area contributed by atoms with Gasteiger partial charge in [0.05, 0.1) is 16.3 Å². The van der Waals surface area contributed by atoms with E-state index in [1.165, 1.54) is 11.3 Å². The predicted octanol–water partition coefficient (Wildman–Crippen LogP) is 5.95. The largest absolute Gasteiger partial charge is 0.481 e. The minimum atomic E-state index is -4.59. The van der Waals surface area contributed by atoms with Gasteiger partial charge in [-0.3, -0.25) is 4.79 Å². The molecule has 0 saturated heterocycles. The number of nitrogens with one attached hydrogen (secondary N) is 1. The maximum Gasteiger partial charge on any atom is 0.433 e. The molecule has 3 heterocycles. The molecule has 1 aromatic carbocycles. The molecule has 2 atom stereocenters. The number of benzene rings is 1. The highest BCUT2D eigenvalue weighted by molar-refractivity contribution is 7.15. The molecule has 0 radical (unpaired) electrons. The zero-order valence-corrected chi connectivity index (χ0v) is 21.7. The minimum Gasteiger partial charge on any atom is -0.481 e. The third-order valence-corrected chi connectivity index (χ3v) is 8.43. The Morgan fingerprint density at radius 1 is 1.24 bits per heavy atom. The molecule has 12 heteroatoms. The summed E-state index contributed by atoms with van der Waals surface area (Å²) in [5.74, 6) is -1.60. The van der Waals surface area contributed by atoms with Crippen molar-refractivity contribution in [2.75, 3.05) is 5.32 Å². The number of aromatic nitrogens is 4. The van der Waals surface area contributed by atoms with Crippen molar-refractivity contribution in [3.63, 3.8) is 0 Å². The molecule has 1 fully saturated rings. The molecule has 38 heavy (non-hydrogen) atoms. The topological polar surface area (TPSA) is 113 Å². The Labute approximate surface area is 220 Å². The zero-order valence-electron chi connectivity index (χ0n) is 20.9. The fraction of sp³-hybridized carbons (Fsp3) is 0.385. The molecule has 0 aliphatic heterocycles. The van der Waals surface area contributed by atoms with Gasteiger partial charge in [-0.05, 0) is 48.9 Å². The molecular formula is C26H26F3N5O3S. The van der Waals surface area contributed by atoms with Crippen molar-refractivity contribution in [3.05, 3.63) is 53.6 Å². The Bertz CT molecular complexity index is 1530. The normalized spacial score (nSPS) is 21.5. The monoisotopic (exact) mass is 545 g/mol. The quantitative estimate of drug-likeness (QED) is 0.284. The average Bonchev–Trinajstić information content (AvgIpc) is 3.46. The van der Waals surface area contributed by atoms with Gasteiger partial charge in [-0.25, -0.2) is 15.0 Å². The molecule has 5 rings (SSSR count). The number of carboxylic acid groups (broad SMARTS) is 1. The van der Waals surface area contributed by atoms with Crippen LogP contribution in [0.3, 0.4) is 0 Å². The van der Waals surface area contributed by atoms with Crippen LogP contribution in [0.4, 0.5) is 24.8 Å². The van der Waals surface area contributed by atoms with E-state index in [4.69, 9.17) is 0 Å². The van der Waals surface area contributed by atoms with E-state index in [-0.39, 0.29) is 18.8 Å². The van der Waals surface area contributed by atoms with Crippen LogP contribution in [-0.2, 0) is 23.6 Å². The van der Waals surface area contributed by atoms with Gasteiger partial charge in [0.25, 0.3) is 0 Å². The smallest absolute Gasteiger partial charge is 0.433 e. The van der Waals surface area contributed by atoms with Crippen molar-refractivity contribution >= 4 is 39.8 Å². The van der Waals surface area contributed by atoms with Crippen LogP contribution in [0.5, 0.6) is 0 Å². The summed E-state index contributed by atoms with van der Waals surface area (Å²) >= 11 is 1.32. The molecule has 200 valence electrons. The van der Waals surface area contributed by atoms with Crippen LogP contribution in [0, 0.1) is 11.3 Å². The predicted molar refractivity (Wildman–Crippen MR) is 137 cm³/mol. The van der Waals surface area contributed by atoms with Crippen LogP contribution < -0.4 is 5.32 Å². The summed E-state index contributed by atoms with van der Waals surface area (Å²) in [6.45, 7) is 3.70. The van der Waals surface area contributed by atoms with E-state index in [1.54, 1.807) is 18.3 Å². The van der Waals surface area contributed by atoms with Crippen LogP contribution in [0.15, 0.2) is 42.9 Å². The summed E-state index contributed by atoms with van der Waals surface area (Å²) in [5.41, 5.74) is -0.819. The van der Waals surface area contributed by atoms with E-state index in [2.05, 4.69) is 20.3 Å². The van der Waals surface area contributed by atoms with Crippen LogP contribution in [0.2, 0.25) is 0 Å². The van der Waals surface area contributed by atoms with Gasteiger partial charge >= 0.3 is 12.1 Å². The van der Waals surface area contributed by atoms with Crippen LogP contribution >= 0.6 is 11.3 Å². The summed E-state index contributed by atoms with van der Waals surface area (Å²) in [6, 6.07) is 6.34. The molecule has 0 bridgehead atoms. The number of nitrogens with zero attached hydrogens (tertiary/aromatic N) is 4. The zero-order chi connectivity index (χ0) is 27.5. The number of alkyl halides is 3. The van der Waals surface area contributed by atoms with E-state index in [9.17, 15) is 28.2 Å². The number of aryl methyl sites for hydroxylation is 1. The van der Waals surface area contributed by atoms with Crippen LogP contribution in [0.25, 0.3) is 21.3 Å². The number of thiazole rings is 1. The summed E-state index contributed by atoms with van der Waals surface area (Å²) in [4.78, 5) is 24.5. The Morgan fingerprint density at radius 3 is 2.68 bits per heavy atom. The van der Waals surface area contributed by atoms with Gasteiger partial charge in [0.2, 0.25) is 5.95 Å². The van der Waals surface area contributed by atoms with Crippen LogP contribution in [-0.4, -0.2) is 35.7 Å². The lowest BCUT2D eigenvalue weighted by molar-refractivity contribution is -0.154. The molecule has 3 aromatic heterocycles. The van der Waals surface area contributed by atoms with E-state index < -0.39 is 34.8 Å². The number of hydrogen-bond acceptors (Lipinski definition) is 7. The van der Waals surface area contributed by atoms with Crippen molar-refractivity contribution in [2.24, 2.45) is 18.4 Å². The van der Waals surface area contributed by atoms with Crippen molar-refractivity contribution in [1.29, 1.82) is 0 Å². The second kappa shape index (κ2) is 9.05. The highest BCUT2D eigenvalue weighted by atomic mass is 32.1. The second-order valence-corrected chi connectivity index (χ2v) is 11.5. The summed E-state index contributed by atoms with van der Waals surface area (Å²) in [5, 5.41) is 25.4. The molecule has 1 saturated carbocycles. The van der Waals surface area contributed by atoms with Crippen molar-refractivity contribution in [3.8, 4) is 10.4 Å². The molecule has 1 aliphatic carbocycles. The number of halogens is 3. The first-order valence-corrected chi connectivity index (χ1v) is 12.8. The number of hydrogen-bond donors (Lipinski definition) is 3. The van der Waals surface area contributed by atoms with E-state index >= 15 is 0 Å². The number of carbonyl (C=O) groups is 1. The van der Waals surface area contributed by atoms with E-state index in [0.29, 0.717) is 17.1 Å².